The molecule has 3 rings (SSSR count). The largest absolute Gasteiger partial charge is 0.504 e. The van der Waals surface area contributed by atoms with Gasteiger partial charge in [-0.3, -0.25) is 0 Å². The first-order valence-corrected chi connectivity index (χ1v) is 7.44. The smallest absolute Gasteiger partial charge is 0.203 e. The number of hydrogen-bond acceptors (Lipinski definition) is 5. The first-order chi connectivity index (χ1) is 11.2. The molecule has 0 spiro atoms. The first-order valence-electron chi connectivity index (χ1n) is 7.44. The van der Waals surface area contributed by atoms with Crippen LogP contribution in [-0.4, -0.2) is 26.4 Å². The molecule has 2 aromatic rings. The lowest BCUT2D eigenvalue weighted by molar-refractivity contribution is 0.175. The van der Waals surface area contributed by atoms with Crippen LogP contribution in [0.1, 0.15) is 23.7 Å². The molecule has 0 amide bonds. The lowest BCUT2D eigenvalue weighted by atomic mass is 9.97. The molecule has 2 aromatic carbocycles. The number of methoxy groups -OCH3 is 3. The lowest BCUT2D eigenvalue weighted by Gasteiger charge is -2.27. The molecule has 0 aliphatic carbocycles. The standard InChI is InChI=1S/C18H20O5/c1-20-13-6-4-11-5-7-15(23-16(11)10-13)12-8-14(19)18(22-3)17(9-12)21-2/h4,6,8-10,15,19H,5,7H2,1-3H3/t15-/m0/s1. The van der Waals surface area contributed by atoms with E-state index in [1.807, 2.05) is 24.3 Å². The van der Waals surface area contributed by atoms with E-state index in [1.54, 1.807) is 20.3 Å². The minimum absolute atomic E-state index is 0.0434. The molecular weight excluding hydrogens is 296 g/mol. The summed E-state index contributed by atoms with van der Waals surface area (Å²) in [5.41, 5.74) is 2.01. The van der Waals surface area contributed by atoms with E-state index in [4.69, 9.17) is 18.9 Å². The van der Waals surface area contributed by atoms with Gasteiger partial charge in [0.2, 0.25) is 5.75 Å². The Morgan fingerprint density at radius 2 is 1.87 bits per heavy atom. The Hall–Kier alpha value is -2.56. The molecule has 0 unspecified atom stereocenters. The molecule has 1 atom stereocenters. The fourth-order valence-electron chi connectivity index (χ4n) is 2.86. The van der Waals surface area contributed by atoms with Gasteiger partial charge in [-0.25, -0.2) is 0 Å². The van der Waals surface area contributed by atoms with Crippen LogP contribution in [-0.2, 0) is 6.42 Å². The van der Waals surface area contributed by atoms with Crippen molar-refractivity contribution in [2.75, 3.05) is 21.3 Å². The Bertz CT molecular complexity index is 711. The number of ether oxygens (including phenoxy) is 4. The summed E-state index contributed by atoms with van der Waals surface area (Å²) in [5, 5.41) is 10.1. The fraction of sp³-hybridized carbons (Fsp3) is 0.333. The van der Waals surface area contributed by atoms with E-state index < -0.39 is 0 Å². The van der Waals surface area contributed by atoms with Crippen LogP contribution < -0.4 is 18.9 Å². The number of benzene rings is 2. The number of phenolic OH excluding ortho intramolecular Hbond substituents is 1. The molecule has 1 aliphatic rings. The van der Waals surface area contributed by atoms with Gasteiger partial charge < -0.3 is 24.1 Å². The van der Waals surface area contributed by atoms with E-state index in [0.29, 0.717) is 11.5 Å². The number of rotatable bonds is 4. The van der Waals surface area contributed by atoms with Crippen molar-refractivity contribution in [2.24, 2.45) is 0 Å². The van der Waals surface area contributed by atoms with Crippen LogP contribution in [0.4, 0.5) is 0 Å². The van der Waals surface area contributed by atoms with E-state index in [1.165, 1.54) is 7.11 Å². The van der Waals surface area contributed by atoms with E-state index in [-0.39, 0.29) is 11.9 Å². The van der Waals surface area contributed by atoms with E-state index in [9.17, 15) is 5.11 Å². The molecule has 0 bridgehead atoms. The molecule has 0 radical (unpaired) electrons. The second kappa shape index (κ2) is 6.28. The van der Waals surface area contributed by atoms with Crippen LogP contribution in [0, 0.1) is 0 Å². The Balaban J connectivity index is 1.92. The quantitative estimate of drug-likeness (QED) is 0.936. The second-order valence-corrected chi connectivity index (χ2v) is 5.39. The summed E-state index contributed by atoms with van der Waals surface area (Å²) in [4.78, 5) is 0. The van der Waals surface area contributed by atoms with Crippen molar-refractivity contribution < 1.29 is 24.1 Å². The summed E-state index contributed by atoms with van der Waals surface area (Å²) in [5.74, 6) is 2.44. The number of aryl methyl sites for hydroxylation is 1. The maximum atomic E-state index is 10.1. The third-order valence-electron chi connectivity index (χ3n) is 4.07. The Morgan fingerprint density at radius 1 is 1.04 bits per heavy atom. The molecule has 1 heterocycles. The Labute approximate surface area is 135 Å². The van der Waals surface area contributed by atoms with Gasteiger partial charge in [-0.05, 0) is 42.2 Å². The monoisotopic (exact) mass is 316 g/mol. The second-order valence-electron chi connectivity index (χ2n) is 5.39. The summed E-state index contributed by atoms with van der Waals surface area (Å²) in [6.45, 7) is 0. The molecule has 1 N–H and O–H groups in total. The molecule has 5 heteroatoms. The number of aromatic hydroxyl groups is 1. The highest BCUT2D eigenvalue weighted by molar-refractivity contribution is 5.54. The van der Waals surface area contributed by atoms with Gasteiger partial charge in [0.1, 0.15) is 17.6 Å². The maximum Gasteiger partial charge on any atom is 0.203 e. The van der Waals surface area contributed by atoms with E-state index >= 15 is 0 Å². The van der Waals surface area contributed by atoms with Crippen LogP contribution >= 0.6 is 0 Å². The van der Waals surface area contributed by atoms with E-state index in [2.05, 4.69) is 0 Å². The molecular formula is C18H20O5. The highest BCUT2D eigenvalue weighted by atomic mass is 16.5. The van der Waals surface area contributed by atoms with Crippen LogP contribution in [0.25, 0.3) is 0 Å². The molecule has 0 fully saturated rings. The van der Waals surface area contributed by atoms with Gasteiger partial charge in [0.15, 0.2) is 11.5 Å². The van der Waals surface area contributed by atoms with Gasteiger partial charge >= 0.3 is 0 Å². The summed E-state index contributed by atoms with van der Waals surface area (Å²) >= 11 is 0. The molecule has 5 nitrogen and oxygen atoms in total. The van der Waals surface area contributed by atoms with Crippen molar-refractivity contribution in [3.63, 3.8) is 0 Å². The molecule has 0 aromatic heterocycles. The predicted molar refractivity (Wildman–Crippen MR) is 85.9 cm³/mol. The minimum atomic E-state index is -0.152. The molecule has 1 aliphatic heterocycles. The molecule has 122 valence electrons. The molecule has 23 heavy (non-hydrogen) atoms. The predicted octanol–water partition coefficient (Wildman–Crippen LogP) is 3.48. The SMILES string of the molecule is COc1ccc2c(c1)O[C@H](c1cc(O)c(OC)c(OC)c1)CC2. The van der Waals surface area contributed by atoms with Crippen molar-refractivity contribution in [2.45, 2.75) is 18.9 Å². The van der Waals surface area contributed by atoms with Gasteiger partial charge in [-0.1, -0.05) is 6.07 Å². The van der Waals surface area contributed by atoms with Crippen molar-refractivity contribution in [3.8, 4) is 28.7 Å². The van der Waals surface area contributed by atoms with Crippen LogP contribution in [0.5, 0.6) is 28.7 Å². The average molecular weight is 316 g/mol. The Morgan fingerprint density at radius 3 is 2.57 bits per heavy atom. The third-order valence-corrected chi connectivity index (χ3v) is 4.07. The van der Waals surface area contributed by atoms with E-state index in [0.717, 1.165) is 35.5 Å². The fourth-order valence-corrected chi connectivity index (χ4v) is 2.86. The Kier molecular flexibility index (Phi) is 4.19. The van der Waals surface area contributed by atoms with Crippen LogP contribution in [0.15, 0.2) is 30.3 Å². The highest BCUT2D eigenvalue weighted by Gasteiger charge is 2.24. The maximum absolute atomic E-state index is 10.1. The number of phenols is 1. The minimum Gasteiger partial charge on any atom is -0.504 e. The zero-order valence-electron chi connectivity index (χ0n) is 13.5. The number of hydrogen-bond donors (Lipinski definition) is 1. The van der Waals surface area contributed by atoms with Gasteiger partial charge in [0, 0.05) is 6.07 Å². The third kappa shape index (κ3) is 2.86. The van der Waals surface area contributed by atoms with Crippen molar-refractivity contribution in [3.05, 3.63) is 41.5 Å². The first kappa shape index (κ1) is 15.3. The zero-order valence-corrected chi connectivity index (χ0v) is 13.5. The molecule has 0 saturated heterocycles. The summed E-state index contributed by atoms with van der Waals surface area (Å²) in [6, 6.07) is 9.36. The van der Waals surface area contributed by atoms with Crippen molar-refractivity contribution in [1.29, 1.82) is 0 Å². The number of fused-ring (bicyclic) bond motifs is 1. The normalized spacial score (nSPS) is 16.2. The van der Waals surface area contributed by atoms with Crippen LogP contribution in [0.2, 0.25) is 0 Å². The van der Waals surface area contributed by atoms with Gasteiger partial charge in [0.25, 0.3) is 0 Å². The van der Waals surface area contributed by atoms with Gasteiger partial charge in [-0.2, -0.15) is 0 Å². The summed E-state index contributed by atoms with van der Waals surface area (Å²) in [6.07, 6.45) is 1.58. The molecule has 0 saturated carbocycles. The van der Waals surface area contributed by atoms with Crippen LogP contribution in [0.3, 0.4) is 0 Å². The van der Waals surface area contributed by atoms with Crippen molar-refractivity contribution in [1.82, 2.24) is 0 Å². The average Bonchev–Trinajstić information content (AvgIpc) is 2.59. The topological polar surface area (TPSA) is 57.2 Å². The summed E-state index contributed by atoms with van der Waals surface area (Å²) < 4.78 is 21.8. The summed E-state index contributed by atoms with van der Waals surface area (Å²) in [7, 11) is 4.67. The van der Waals surface area contributed by atoms with Gasteiger partial charge in [0.05, 0.1) is 21.3 Å². The zero-order chi connectivity index (χ0) is 16.4. The van der Waals surface area contributed by atoms with Gasteiger partial charge in [-0.15, -0.1) is 0 Å². The van der Waals surface area contributed by atoms with Crippen molar-refractivity contribution >= 4 is 0 Å². The highest BCUT2D eigenvalue weighted by Crippen LogP contribution is 2.43. The lowest BCUT2D eigenvalue weighted by Crippen LogP contribution is -2.15.